The number of halogens is 1. The monoisotopic (exact) mass is 420 g/mol. The maximum Gasteiger partial charge on any atom is 0.330 e. The van der Waals surface area contributed by atoms with E-state index in [2.05, 4.69) is 15.5 Å². The Morgan fingerprint density at radius 1 is 0.968 bits per heavy atom. The Bertz CT molecular complexity index is 1210. The third-order valence-electron chi connectivity index (χ3n) is 5.30. The fourth-order valence-electron chi connectivity index (χ4n) is 3.83. The summed E-state index contributed by atoms with van der Waals surface area (Å²) in [5.41, 5.74) is 4.01. The van der Waals surface area contributed by atoms with Gasteiger partial charge in [0.25, 0.3) is 0 Å². The first-order valence-electron chi connectivity index (χ1n) is 10.5. The predicted octanol–water partition coefficient (Wildman–Crippen LogP) is 3.84. The fraction of sp³-hybridized carbons (Fsp3) is 0.304. The second-order valence-corrected chi connectivity index (χ2v) is 7.48. The molecule has 4 rings (SSSR count). The van der Waals surface area contributed by atoms with Crippen molar-refractivity contribution in [1.29, 1.82) is 0 Å². The molecule has 0 aliphatic rings. The van der Waals surface area contributed by atoms with E-state index in [0.29, 0.717) is 31.6 Å². The summed E-state index contributed by atoms with van der Waals surface area (Å²) in [6.07, 6.45) is 3.58. The standard InChI is InChI=1S/C23H25FN6O/c1-3-7-21-22(24)28(14-4-2)23(31)29(21)15-17-10-12-18(13-11-17)19-8-5-6-9-20(19)30-16-25-26-27-30/h5-6,8-13,16H,3-4,7,14-15H2,1-2H3. The normalized spacial score (nSPS) is 11.2. The highest BCUT2D eigenvalue weighted by molar-refractivity contribution is 5.72. The molecule has 0 saturated heterocycles. The first-order valence-corrected chi connectivity index (χ1v) is 10.5. The van der Waals surface area contributed by atoms with Gasteiger partial charge in [0.05, 0.1) is 17.9 Å². The van der Waals surface area contributed by atoms with Crippen LogP contribution in [-0.4, -0.2) is 29.3 Å². The summed E-state index contributed by atoms with van der Waals surface area (Å²) in [6, 6.07) is 15.8. The minimum atomic E-state index is -0.402. The molecule has 0 N–H and O–H groups in total. The number of hydrogen-bond donors (Lipinski definition) is 0. The zero-order chi connectivity index (χ0) is 21.8. The minimum Gasteiger partial charge on any atom is -0.289 e. The van der Waals surface area contributed by atoms with Crippen LogP contribution in [0.2, 0.25) is 0 Å². The van der Waals surface area contributed by atoms with Crippen molar-refractivity contribution < 1.29 is 4.39 Å². The molecule has 8 heteroatoms. The Morgan fingerprint density at radius 2 is 1.74 bits per heavy atom. The number of tetrazole rings is 1. The molecule has 0 bridgehead atoms. The van der Waals surface area contributed by atoms with E-state index in [1.807, 2.05) is 62.4 Å². The predicted molar refractivity (Wildman–Crippen MR) is 117 cm³/mol. The highest BCUT2D eigenvalue weighted by atomic mass is 19.1. The largest absolute Gasteiger partial charge is 0.330 e. The zero-order valence-corrected chi connectivity index (χ0v) is 17.7. The van der Waals surface area contributed by atoms with Crippen LogP contribution in [0.5, 0.6) is 0 Å². The summed E-state index contributed by atoms with van der Waals surface area (Å²) in [6.45, 7) is 4.66. The van der Waals surface area contributed by atoms with Gasteiger partial charge in [0.1, 0.15) is 6.33 Å². The van der Waals surface area contributed by atoms with E-state index in [1.165, 1.54) is 4.57 Å². The van der Waals surface area contributed by atoms with E-state index < -0.39 is 5.95 Å². The van der Waals surface area contributed by atoms with Crippen molar-refractivity contribution in [3.63, 3.8) is 0 Å². The van der Waals surface area contributed by atoms with Crippen LogP contribution in [0.1, 0.15) is 37.9 Å². The second-order valence-electron chi connectivity index (χ2n) is 7.48. The van der Waals surface area contributed by atoms with E-state index in [1.54, 1.807) is 15.6 Å². The Morgan fingerprint density at radius 3 is 2.42 bits per heavy atom. The average molecular weight is 420 g/mol. The Hall–Kier alpha value is -3.55. The third kappa shape index (κ3) is 4.05. The van der Waals surface area contributed by atoms with Crippen molar-refractivity contribution in [3.8, 4) is 16.8 Å². The molecule has 0 amide bonds. The highest BCUT2D eigenvalue weighted by Crippen LogP contribution is 2.26. The highest BCUT2D eigenvalue weighted by Gasteiger charge is 2.19. The number of rotatable bonds is 8. The smallest absolute Gasteiger partial charge is 0.289 e. The SMILES string of the molecule is CCCc1c(F)n(CCC)c(=O)n1Cc1ccc(-c2ccccc2-n2cnnn2)cc1. The number of hydrogen-bond acceptors (Lipinski definition) is 4. The lowest BCUT2D eigenvalue weighted by atomic mass is 10.0. The van der Waals surface area contributed by atoms with Crippen LogP contribution in [0, 0.1) is 5.95 Å². The Labute approximate surface area is 179 Å². The zero-order valence-electron chi connectivity index (χ0n) is 17.7. The number of para-hydroxylation sites is 1. The van der Waals surface area contributed by atoms with E-state index in [4.69, 9.17) is 0 Å². The maximum atomic E-state index is 14.8. The summed E-state index contributed by atoms with van der Waals surface area (Å²) in [7, 11) is 0. The summed E-state index contributed by atoms with van der Waals surface area (Å²) >= 11 is 0. The van der Waals surface area contributed by atoms with Crippen molar-refractivity contribution >= 4 is 0 Å². The molecule has 2 heterocycles. The maximum absolute atomic E-state index is 14.8. The summed E-state index contributed by atoms with van der Waals surface area (Å²) in [5.74, 6) is -0.402. The van der Waals surface area contributed by atoms with Gasteiger partial charge in [-0.05, 0) is 40.5 Å². The first kappa shape index (κ1) is 20.7. The fourth-order valence-corrected chi connectivity index (χ4v) is 3.83. The number of nitrogens with zero attached hydrogens (tertiary/aromatic N) is 6. The van der Waals surface area contributed by atoms with Gasteiger partial charge in [0, 0.05) is 12.1 Å². The van der Waals surface area contributed by atoms with Gasteiger partial charge in [-0.25, -0.2) is 4.79 Å². The molecular weight excluding hydrogens is 395 g/mol. The quantitative estimate of drug-likeness (QED) is 0.434. The van der Waals surface area contributed by atoms with E-state index >= 15 is 0 Å². The van der Waals surface area contributed by atoms with Gasteiger partial charge in [0.15, 0.2) is 0 Å². The second kappa shape index (κ2) is 9.07. The molecule has 0 fully saturated rings. The molecule has 160 valence electrons. The van der Waals surface area contributed by atoms with Crippen molar-refractivity contribution in [2.75, 3.05) is 0 Å². The number of aromatic nitrogens is 6. The molecule has 4 aromatic rings. The molecule has 0 unspecified atom stereocenters. The van der Waals surface area contributed by atoms with Crippen LogP contribution in [0.4, 0.5) is 4.39 Å². The summed E-state index contributed by atoms with van der Waals surface area (Å²) < 4.78 is 19.3. The van der Waals surface area contributed by atoms with Crippen LogP contribution in [0.25, 0.3) is 16.8 Å². The number of benzene rings is 2. The molecule has 0 aliphatic heterocycles. The van der Waals surface area contributed by atoms with Gasteiger partial charge in [-0.15, -0.1) is 5.10 Å². The van der Waals surface area contributed by atoms with Gasteiger partial charge < -0.3 is 0 Å². The molecule has 0 aliphatic carbocycles. The number of imidazole rings is 1. The third-order valence-corrected chi connectivity index (χ3v) is 5.30. The lowest BCUT2D eigenvalue weighted by Crippen LogP contribution is -2.26. The molecule has 0 saturated carbocycles. The van der Waals surface area contributed by atoms with Crippen molar-refractivity contribution in [2.45, 2.75) is 46.2 Å². The van der Waals surface area contributed by atoms with Gasteiger partial charge in [0.2, 0.25) is 5.95 Å². The van der Waals surface area contributed by atoms with Gasteiger partial charge in [-0.1, -0.05) is 62.7 Å². The lowest BCUT2D eigenvalue weighted by Gasteiger charge is -2.10. The summed E-state index contributed by atoms with van der Waals surface area (Å²) in [5, 5.41) is 11.4. The topological polar surface area (TPSA) is 70.5 Å². The van der Waals surface area contributed by atoms with Crippen molar-refractivity contribution in [2.24, 2.45) is 0 Å². The van der Waals surface area contributed by atoms with E-state index in [-0.39, 0.29) is 5.69 Å². The molecule has 7 nitrogen and oxygen atoms in total. The van der Waals surface area contributed by atoms with Crippen LogP contribution in [-0.2, 0) is 19.5 Å². The van der Waals surface area contributed by atoms with Gasteiger partial charge in [-0.2, -0.15) is 9.07 Å². The molecular formula is C23H25FN6O. The molecule has 0 spiro atoms. The van der Waals surface area contributed by atoms with E-state index in [9.17, 15) is 9.18 Å². The van der Waals surface area contributed by atoms with Crippen LogP contribution in [0.15, 0.2) is 59.7 Å². The Balaban J connectivity index is 1.66. The lowest BCUT2D eigenvalue weighted by molar-refractivity contribution is 0.474. The molecule has 2 aromatic heterocycles. The first-order chi connectivity index (χ1) is 15.1. The Kier molecular flexibility index (Phi) is 6.06. The minimum absolute atomic E-state index is 0.282. The molecule has 0 radical (unpaired) electrons. The van der Waals surface area contributed by atoms with Crippen molar-refractivity contribution in [1.82, 2.24) is 29.3 Å². The average Bonchev–Trinajstić information content (AvgIpc) is 3.40. The summed E-state index contributed by atoms with van der Waals surface area (Å²) in [4.78, 5) is 12.8. The van der Waals surface area contributed by atoms with E-state index in [0.717, 1.165) is 28.8 Å². The molecule has 31 heavy (non-hydrogen) atoms. The van der Waals surface area contributed by atoms with Gasteiger partial charge in [-0.3, -0.25) is 9.13 Å². The molecule has 0 atom stereocenters. The van der Waals surface area contributed by atoms with Crippen LogP contribution >= 0.6 is 0 Å². The van der Waals surface area contributed by atoms with Crippen molar-refractivity contribution in [3.05, 3.63) is 82.5 Å². The van der Waals surface area contributed by atoms with Gasteiger partial charge >= 0.3 is 5.69 Å². The van der Waals surface area contributed by atoms with Crippen LogP contribution in [0.3, 0.4) is 0 Å². The van der Waals surface area contributed by atoms with Crippen LogP contribution < -0.4 is 5.69 Å². The molecule has 2 aromatic carbocycles.